The van der Waals surface area contributed by atoms with Crippen LogP contribution in [0.3, 0.4) is 0 Å². The summed E-state index contributed by atoms with van der Waals surface area (Å²) in [7, 11) is 1.36. The second-order valence-corrected chi connectivity index (χ2v) is 8.58. The van der Waals surface area contributed by atoms with Crippen LogP contribution in [0.4, 0.5) is 0 Å². The number of methoxy groups -OCH3 is 1. The first kappa shape index (κ1) is 23.3. The number of ether oxygens (including phenoxy) is 2. The molecular weight excluding hydrogens is 452 g/mol. The number of hydrogen-bond donors (Lipinski definition) is 4. The van der Waals surface area contributed by atoms with Crippen molar-refractivity contribution in [1.82, 2.24) is 0 Å². The number of halogens is 1. The highest BCUT2D eigenvalue weighted by Crippen LogP contribution is 2.41. The van der Waals surface area contributed by atoms with E-state index in [0.29, 0.717) is 12.0 Å². The Balaban J connectivity index is 2.03. The van der Waals surface area contributed by atoms with Gasteiger partial charge in [-0.15, -0.1) is 0 Å². The minimum absolute atomic E-state index is 0.486. The Kier molecular flexibility index (Phi) is 7.35. The van der Waals surface area contributed by atoms with E-state index in [2.05, 4.69) is 47.1 Å². The third kappa shape index (κ3) is 4.21. The van der Waals surface area contributed by atoms with Gasteiger partial charge in [0.25, 0.3) is 0 Å². The molecule has 6 nitrogen and oxygen atoms in total. The molecule has 1 fully saturated rings. The lowest BCUT2D eigenvalue weighted by Gasteiger charge is -2.47. The standard InChI is InChI=1S/C23H29BrO6/c1-4-14-5-7-15(8-6-14)9-16-10-17(11-18(24)13(16)2)23(29-3)22(28)21(27)20(26)19(12-25)30-23/h5-8,10-11,19-22,25-28H,4,9,12H2,1-3H3/t19-,20-,21+,22-,23?/m1/s1. The lowest BCUT2D eigenvalue weighted by atomic mass is 9.86. The third-order valence-corrected chi connectivity index (χ3v) is 6.76. The number of benzene rings is 2. The fraction of sp³-hybridized carbons (Fsp3) is 0.478. The largest absolute Gasteiger partial charge is 0.394 e. The molecule has 3 rings (SSSR count). The summed E-state index contributed by atoms with van der Waals surface area (Å²) in [6.45, 7) is 3.58. The van der Waals surface area contributed by atoms with Crippen molar-refractivity contribution in [2.24, 2.45) is 0 Å². The average molecular weight is 481 g/mol. The molecule has 0 radical (unpaired) electrons. The summed E-state index contributed by atoms with van der Waals surface area (Å²) >= 11 is 3.58. The summed E-state index contributed by atoms with van der Waals surface area (Å²) in [5, 5.41) is 40.8. The summed E-state index contributed by atoms with van der Waals surface area (Å²) in [6.07, 6.45) is -3.99. The summed E-state index contributed by atoms with van der Waals surface area (Å²) in [6, 6.07) is 12.1. The highest BCUT2D eigenvalue weighted by atomic mass is 79.9. The fourth-order valence-corrected chi connectivity index (χ4v) is 4.40. The van der Waals surface area contributed by atoms with Crippen LogP contribution in [0.5, 0.6) is 0 Å². The van der Waals surface area contributed by atoms with Crippen molar-refractivity contribution in [2.45, 2.75) is 56.9 Å². The lowest BCUT2D eigenvalue weighted by molar-refractivity contribution is -0.366. The monoisotopic (exact) mass is 480 g/mol. The zero-order chi connectivity index (χ0) is 22.1. The number of aryl methyl sites for hydroxylation is 1. The van der Waals surface area contributed by atoms with Crippen molar-refractivity contribution in [1.29, 1.82) is 0 Å². The van der Waals surface area contributed by atoms with Crippen LogP contribution >= 0.6 is 15.9 Å². The molecular formula is C23H29BrO6. The molecule has 7 heteroatoms. The van der Waals surface area contributed by atoms with Gasteiger partial charge in [0.1, 0.15) is 24.4 Å². The van der Waals surface area contributed by atoms with Crippen LogP contribution in [0.1, 0.15) is 34.7 Å². The maximum Gasteiger partial charge on any atom is 0.224 e. The van der Waals surface area contributed by atoms with E-state index in [9.17, 15) is 20.4 Å². The Morgan fingerprint density at radius 2 is 1.70 bits per heavy atom. The molecule has 4 N–H and O–H groups in total. The molecule has 0 aliphatic carbocycles. The predicted octanol–water partition coefficient (Wildman–Crippen LogP) is 2.18. The van der Waals surface area contributed by atoms with Gasteiger partial charge < -0.3 is 29.9 Å². The van der Waals surface area contributed by atoms with Crippen LogP contribution in [0.15, 0.2) is 40.9 Å². The maximum absolute atomic E-state index is 10.8. The van der Waals surface area contributed by atoms with Crippen molar-refractivity contribution in [2.75, 3.05) is 13.7 Å². The van der Waals surface area contributed by atoms with E-state index in [1.54, 1.807) is 6.07 Å². The number of aliphatic hydroxyl groups excluding tert-OH is 4. The van der Waals surface area contributed by atoms with Crippen molar-refractivity contribution < 1.29 is 29.9 Å². The molecule has 164 valence electrons. The molecule has 1 aliphatic rings. The Labute approximate surface area is 185 Å². The molecule has 1 heterocycles. The van der Waals surface area contributed by atoms with E-state index < -0.39 is 36.8 Å². The maximum atomic E-state index is 10.8. The quantitative estimate of drug-likeness (QED) is 0.505. The van der Waals surface area contributed by atoms with E-state index in [-0.39, 0.29) is 0 Å². The van der Waals surface area contributed by atoms with Crippen LogP contribution in [0.2, 0.25) is 0 Å². The second kappa shape index (κ2) is 9.44. The van der Waals surface area contributed by atoms with Gasteiger partial charge in [0.05, 0.1) is 6.61 Å². The molecule has 0 amide bonds. The average Bonchev–Trinajstić information content (AvgIpc) is 2.76. The Bertz CT molecular complexity index is 869. The van der Waals surface area contributed by atoms with Gasteiger partial charge in [0.2, 0.25) is 5.79 Å². The minimum atomic E-state index is -1.73. The van der Waals surface area contributed by atoms with E-state index >= 15 is 0 Å². The van der Waals surface area contributed by atoms with Gasteiger partial charge in [-0.1, -0.05) is 47.1 Å². The molecule has 30 heavy (non-hydrogen) atoms. The summed E-state index contributed by atoms with van der Waals surface area (Å²) in [5.74, 6) is -1.73. The van der Waals surface area contributed by atoms with Crippen LogP contribution in [0, 0.1) is 6.92 Å². The SMILES string of the molecule is CCc1ccc(Cc2cc(C3(OC)O[C@H](CO)[C@@H](O)[C@H](O)[C@H]3O)cc(Br)c2C)cc1. The van der Waals surface area contributed by atoms with E-state index in [1.807, 2.05) is 13.0 Å². The fourth-order valence-electron chi connectivity index (χ4n) is 3.90. The Morgan fingerprint density at radius 3 is 2.27 bits per heavy atom. The molecule has 1 saturated heterocycles. The predicted molar refractivity (Wildman–Crippen MR) is 116 cm³/mol. The summed E-state index contributed by atoms with van der Waals surface area (Å²) in [5.41, 5.74) is 4.93. The first-order valence-corrected chi connectivity index (χ1v) is 10.8. The van der Waals surface area contributed by atoms with Crippen LogP contribution in [-0.2, 0) is 28.1 Å². The zero-order valence-electron chi connectivity index (χ0n) is 17.4. The minimum Gasteiger partial charge on any atom is -0.394 e. The molecule has 0 aromatic heterocycles. The second-order valence-electron chi connectivity index (χ2n) is 7.73. The smallest absolute Gasteiger partial charge is 0.224 e. The molecule has 0 bridgehead atoms. The number of hydrogen-bond acceptors (Lipinski definition) is 6. The summed E-state index contributed by atoms with van der Waals surface area (Å²) < 4.78 is 12.2. The van der Waals surface area contributed by atoms with Crippen molar-refractivity contribution >= 4 is 15.9 Å². The highest BCUT2D eigenvalue weighted by molar-refractivity contribution is 9.10. The number of rotatable bonds is 6. The normalized spacial score (nSPS) is 29.2. The molecule has 1 unspecified atom stereocenters. The molecule has 0 saturated carbocycles. The molecule has 5 atom stereocenters. The van der Waals surface area contributed by atoms with Gasteiger partial charge in [-0.25, -0.2) is 0 Å². The Morgan fingerprint density at radius 1 is 1.07 bits per heavy atom. The molecule has 1 aliphatic heterocycles. The van der Waals surface area contributed by atoms with Gasteiger partial charge in [-0.05, 0) is 54.2 Å². The van der Waals surface area contributed by atoms with E-state index in [0.717, 1.165) is 27.6 Å². The molecule has 0 spiro atoms. The molecule has 2 aromatic rings. The van der Waals surface area contributed by atoms with Crippen molar-refractivity contribution in [3.05, 3.63) is 68.7 Å². The first-order chi connectivity index (χ1) is 14.3. The van der Waals surface area contributed by atoms with E-state index in [1.165, 1.54) is 12.7 Å². The third-order valence-electron chi connectivity index (χ3n) is 5.93. The van der Waals surface area contributed by atoms with Gasteiger partial charge >= 0.3 is 0 Å². The van der Waals surface area contributed by atoms with Gasteiger partial charge in [0.15, 0.2) is 0 Å². The number of aliphatic hydroxyl groups is 4. The van der Waals surface area contributed by atoms with Gasteiger partial charge in [-0.3, -0.25) is 0 Å². The first-order valence-electron chi connectivity index (χ1n) is 10.0. The Hall–Kier alpha value is -1.32. The highest BCUT2D eigenvalue weighted by Gasteiger charge is 2.55. The lowest BCUT2D eigenvalue weighted by Crippen LogP contribution is -2.64. The molecule has 2 aromatic carbocycles. The van der Waals surface area contributed by atoms with Crippen molar-refractivity contribution in [3.63, 3.8) is 0 Å². The van der Waals surface area contributed by atoms with Crippen molar-refractivity contribution in [3.8, 4) is 0 Å². The van der Waals surface area contributed by atoms with E-state index in [4.69, 9.17) is 9.47 Å². The van der Waals surface area contributed by atoms with Crippen LogP contribution < -0.4 is 0 Å². The van der Waals surface area contributed by atoms with Gasteiger partial charge in [-0.2, -0.15) is 0 Å². The van der Waals surface area contributed by atoms with Crippen LogP contribution in [-0.4, -0.2) is 58.6 Å². The topological polar surface area (TPSA) is 99.4 Å². The van der Waals surface area contributed by atoms with Gasteiger partial charge in [0, 0.05) is 17.1 Å². The zero-order valence-corrected chi connectivity index (χ0v) is 19.0. The van der Waals surface area contributed by atoms with Crippen LogP contribution in [0.25, 0.3) is 0 Å². The summed E-state index contributed by atoms with van der Waals surface area (Å²) in [4.78, 5) is 0.